The number of hydrogen-bond donors (Lipinski definition) is 4. The Bertz CT molecular complexity index is 752. The van der Waals surface area contributed by atoms with Crippen molar-refractivity contribution in [1.82, 2.24) is 0 Å². The van der Waals surface area contributed by atoms with Crippen LogP contribution in [0.15, 0.2) is 41.4 Å². The molecular formula is C15H16ClN5. The first-order valence-corrected chi connectivity index (χ1v) is 6.25. The third kappa shape index (κ3) is 2.68. The summed E-state index contributed by atoms with van der Waals surface area (Å²) >= 11 is 0. The highest BCUT2D eigenvalue weighted by Crippen LogP contribution is 2.30. The van der Waals surface area contributed by atoms with Crippen LogP contribution in [-0.2, 0) is 6.42 Å². The third-order valence-corrected chi connectivity index (χ3v) is 3.42. The van der Waals surface area contributed by atoms with Crippen LogP contribution >= 0.6 is 12.4 Å². The lowest BCUT2D eigenvalue weighted by Gasteiger charge is -2.04. The minimum atomic E-state index is 0. The number of nitrogens with zero attached hydrogens (tertiary/aromatic N) is 1. The molecule has 21 heavy (non-hydrogen) atoms. The van der Waals surface area contributed by atoms with Gasteiger partial charge in [-0.1, -0.05) is 6.07 Å². The van der Waals surface area contributed by atoms with Gasteiger partial charge in [0.1, 0.15) is 5.84 Å². The van der Waals surface area contributed by atoms with E-state index >= 15 is 0 Å². The molecule has 0 aromatic heterocycles. The first-order valence-electron chi connectivity index (χ1n) is 6.25. The fourth-order valence-corrected chi connectivity index (χ4v) is 2.29. The summed E-state index contributed by atoms with van der Waals surface area (Å²) in [5, 5.41) is 7.47. The molecule has 0 bridgehead atoms. The van der Waals surface area contributed by atoms with Crippen LogP contribution in [0.1, 0.15) is 16.7 Å². The first kappa shape index (κ1) is 14.9. The van der Waals surface area contributed by atoms with Gasteiger partial charge in [0.25, 0.3) is 0 Å². The maximum absolute atomic E-state index is 7.47. The maximum Gasteiger partial charge on any atom is 0.122 e. The molecule has 6 heteroatoms. The second-order valence-electron chi connectivity index (χ2n) is 4.84. The number of nitrogens with one attached hydrogen (secondary N) is 1. The van der Waals surface area contributed by atoms with E-state index in [1.807, 2.05) is 30.3 Å². The Kier molecular flexibility index (Phi) is 3.86. The molecule has 2 aromatic rings. The Balaban J connectivity index is 0.00000161. The smallest absolute Gasteiger partial charge is 0.122 e. The van der Waals surface area contributed by atoms with E-state index in [2.05, 4.69) is 4.99 Å². The molecule has 1 heterocycles. The molecule has 0 saturated heterocycles. The molecule has 0 saturated carbocycles. The number of amidine groups is 1. The summed E-state index contributed by atoms with van der Waals surface area (Å²) in [6.45, 7) is 0. The first-order chi connectivity index (χ1) is 9.54. The van der Waals surface area contributed by atoms with Crippen molar-refractivity contribution in [3.05, 3.63) is 53.1 Å². The molecule has 7 N–H and O–H groups in total. The number of halogens is 1. The Morgan fingerprint density at radius 2 is 1.81 bits per heavy atom. The summed E-state index contributed by atoms with van der Waals surface area (Å²) in [7, 11) is 0. The molecular weight excluding hydrogens is 286 g/mol. The van der Waals surface area contributed by atoms with Crippen LogP contribution in [0, 0.1) is 5.41 Å². The predicted octanol–water partition coefficient (Wildman–Crippen LogP) is 2.23. The maximum atomic E-state index is 7.47. The van der Waals surface area contributed by atoms with Crippen molar-refractivity contribution < 1.29 is 0 Å². The van der Waals surface area contributed by atoms with Crippen LogP contribution in [0.2, 0.25) is 0 Å². The number of rotatable bonds is 2. The van der Waals surface area contributed by atoms with Crippen LogP contribution < -0.4 is 17.2 Å². The fourth-order valence-electron chi connectivity index (χ4n) is 2.29. The number of fused-ring (bicyclic) bond motifs is 1. The van der Waals surface area contributed by atoms with Crippen LogP contribution in [0.5, 0.6) is 0 Å². The van der Waals surface area contributed by atoms with Gasteiger partial charge in [-0.15, -0.1) is 12.4 Å². The monoisotopic (exact) mass is 301 g/mol. The van der Waals surface area contributed by atoms with Gasteiger partial charge in [0.15, 0.2) is 0 Å². The molecule has 5 nitrogen and oxygen atoms in total. The van der Waals surface area contributed by atoms with Crippen molar-refractivity contribution in [3.63, 3.8) is 0 Å². The van der Waals surface area contributed by atoms with E-state index in [0.29, 0.717) is 17.8 Å². The molecule has 0 amide bonds. The highest BCUT2D eigenvalue weighted by molar-refractivity contribution is 6.08. The van der Waals surface area contributed by atoms with Crippen molar-refractivity contribution in [2.45, 2.75) is 6.42 Å². The summed E-state index contributed by atoms with van der Waals surface area (Å²) in [6.07, 6.45) is 0.708. The molecule has 3 rings (SSSR count). The molecule has 1 aliphatic rings. The molecule has 1 aliphatic heterocycles. The molecule has 0 radical (unpaired) electrons. The van der Waals surface area contributed by atoms with Gasteiger partial charge >= 0.3 is 0 Å². The lowest BCUT2D eigenvalue weighted by atomic mass is 10.0. The molecule has 0 aliphatic carbocycles. The number of aliphatic imine (C=N–C) groups is 1. The number of hydrogen-bond acceptors (Lipinski definition) is 4. The van der Waals surface area contributed by atoms with E-state index in [1.165, 1.54) is 0 Å². The van der Waals surface area contributed by atoms with Gasteiger partial charge in [0, 0.05) is 12.0 Å². The van der Waals surface area contributed by atoms with Crippen LogP contribution in [0.3, 0.4) is 0 Å². The predicted molar refractivity (Wildman–Crippen MR) is 89.9 cm³/mol. The van der Waals surface area contributed by atoms with Crippen molar-refractivity contribution in [3.8, 4) is 0 Å². The number of benzene rings is 2. The largest absolute Gasteiger partial charge is 0.397 e. The van der Waals surface area contributed by atoms with Gasteiger partial charge in [-0.05, 0) is 41.5 Å². The van der Waals surface area contributed by atoms with Gasteiger partial charge in [-0.3, -0.25) is 10.4 Å². The topological polar surface area (TPSA) is 114 Å². The number of anilines is 2. The Labute approximate surface area is 128 Å². The Hall–Kier alpha value is -2.53. The molecule has 2 aromatic carbocycles. The summed E-state index contributed by atoms with van der Waals surface area (Å²) in [6, 6.07) is 11.2. The van der Waals surface area contributed by atoms with Crippen molar-refractivity contribution in [2.75, 3.05) is 11.5 Å². The van der Waals surface area contributed by atoms with Gasteiger partial charge in [-0.25, -0.2) is 0 Å². The van der Waals surface area contributed by atoms with E-state index in [0.717, 1.165) is 28.1 Å². The average molecular weight is 302 g/mol. The summed E-state index contributed by atoms with van der Waals surface area (Å²) in [5.74, 6) is 0.0676. The van der Waals surface area contributed by atoms with Gasteiger partial charge in [0.2, 0.25) is 0 Å². The molecule has 0 unspecified atom stereocenters. The lowest BCUT2D eigenvalue weighted by molar-refractivity contribution is 1.36. The van der Waals surface area contributed by atoms with Crippen LogP contribution in [0.4, 0.5) is 17.1 Å². The zero-order chi connectivity index (χ0) is 14.3. The summed E-state index contributed by atoms with van der Waals surface area (Å²) in [4.78, 5) is 4.60. The van der Waals surface area contributed by atoms with E-state index in [-0.39, 0.29) is 18.2 Å². The lowest BCUT2D eigenvalue weighted by Crippen LogP contribution is -2.11. The Morgan fingerprint density at radius 1 is 1.05 bits per heavy atom. The molecule has 0 spiro atoms. The second-order valence-corrected chi connectivity index (χ2v) is 4.84. The van der Waals surface area contributed by atoms with Crippen molar-refractivity contribution in [1.29, 1.82) is 5.41 Å². The molecule has 0 atom stereocenters. The zero-order valence-corrected chi connectivity index (χ0v) is 12.1. The van der Waals surface area contributed by atoms with Gasteiger partial charge in [0.05, 0.1) is 22.8 Å². The van der Waals surface area contributed by atoms with Crippen molar-refractivity contribution in [2.24, 2.45) is 10.7 Å². The molecule has 0 fully saturated rings. The summed E-state index contributed by atoms with van der Waals surface area (Å²) in [5.41, 5.74) is 22.8. The SMILES string of the molecule is Cl.N=C(N)c1ccc2c(c1)CC(c1ccc(N)c(N)c1)=N2. The van der Waals surface area contributed by atoms with E-state index in [1.54, 1.807) is 6.07 Å². The minimum absolute atomic E-state index is 0. The standard InChI is InChI=1S/C15H15N5.ClH/c16-11-3-1-8(6-12(11)17)14-7-10-5-9(15(18)19)2-4-13(10)20-14;/h1-6H,7,16-17H2,(H3,18,19);1H. The van der Waals surface area contributed by atoms with Crippen LogP contribution in [-0.4, -0.2) is 11.5 Å². The van der Waals surface area contributed by atoms with E-state index in [4.69, 9.17) is 22.6 Å². The minimum Gasteiger partial charge on any atom is -0.397 e. The third-order valence-electron chi connectivity index (χ3n) is 3.42. The average Bonchev–Trinajstić information content (AvgIpc) is 2.84. The number of nitrogen functional groups attached to an aromatic ring is 3. The highest BCUT2D eigenvalue weighted by Gasteiger charge is 2.17. The summed E-state index contributed by atoms with van der Waals surface area (Å²) < 4.78 is 0. The van der Waals surface area contributed by atoms with Gasteiger partial charge < -0.3 is 17.2 Å². The van der Waals surface area contributed by atoms with Crippen LogP contribution in [0.25, 0.3) is 0 Å². The Morgan fingerprint density at radius 3 is 2.48 bits per heavy atom. The van der Waals surface area contributed by atoms with Gasteiger partial charge in [-0.2, -0.15) is 0 Å². The number of nitrogens with two attached hydrogens (primary N) is 3. The second kappa shape index (κ2) is 5.46. The highest BCUT2D eigenvalue weighted by atomic mass is 35.5. The van der Waals surface area contributed by atoms with E-state index < -0.39 is 0 Å². The quantitative estimate of drug-likeness (QED) is 0.387. The van der Waals surface area contributed by atoms with Crippen molar-refractivity contribution >= 4 is 41.0 Å². The normalized spacial score (nSPS) is 12.3. The van der Waals surface area contributed by atoms with E-state index in [9.17, 15) is 0 Å². The zero-order valence-electron chi connectivity index (χ0n) is 11.3. The fraction of sp³-hybridized carbons (Fsp3) is 0.0667. The molecule has 108 valence electrons.